The summed E-state index contributed by atoms with van der Waals surface area (Å²) in [5, 5.41) is 3.36. The predicted octanol–water partition coefficient (Wildman–Crippen LogP) is 3.85. The number of carbonyl (C=O) groups is 2. The van der Waals surface area contributed by atoms with Crippen molar-refractivity contribution in [2.45, 2.75) is 55.9 Å². The number of rotatable bonds is 9. The Bertz CT molecular complexity index is 1670. The molecule has 10 nitrogen and oxygen atoms in total. The first-order valence-corrected chi connectivity index (χ1v) is 16.5. The normalized spacial score (nSPS) is 26.1. The van der Waals surface area contributed by atoms with Gasteiger partial charge in [0.2, 0.25) is 6.10 Å². The second kappa shape index (κ2) is 12.8. The predicted molar refractivity (Wildman–Crippen MR) is 182 cm³/mol. The van der Waals surface area contributed by atoms with Gasteiger partial charge in [-0.2, -0.15) is 4.39 Å². The number of hydrogen-bond acceptors (Lipinski definition) is 8. The van der Waals surface area contributed by atoms with E-state index in [1.807, 2.05) is 22.2 Å². The Morgan fingerprint density at radius 3 is 2.32 bits per heavy atom. The molecular weight excluding hydrogens is 646 g/mol. The maximum absolute atomic E-state index is 15.9. The van der Waals surface area contributed by atoms with Gasteiger partial charge in [-0.05, 0) is 63.0 Å². The lowest BCUT2D eigenvalue weighted by Gasteiger charge is -2.40. The van der Waals surface area contributed by atoms with Gasteiger partial charge in [0.15, 0.2) is 0 Å². The van der Waals surface area contributed by atoms with Crippen LogP contribution in [-0.4, -0.2) is 85.8 Å². The fourth-order valence-electron chi connectivity index (χ4n) is 7.40. The number of anilines is 2. The summed E-state index contributed by atoms with van der Waals surface area (Å²) in [5.41, 5.74) is 0.357. The molecule has 14 heteroatoms. The molecular formula is C33H39F2N5O5P2. The summed E-state index contributed by atoms with van der Waals surface area (Å²) in [6.45, 7) is 5.70. The van der Waals surface area contributed by atoms with Crippen LogP contribution in [0, 0.1) is 5.82 Å². The average molecular weight is 686 g/mol. The van der Waals surface area contributed by atoms with Crippen LogP contribution < -0.4 is 34.6 Å². The fourth-order valence-corrected chi connectivity index (χ4v) is 8.05. The Hall–Kier alpha value is -3.59. The Balaban J connectivity index is 1.39. The molecule has 3 saturated heterocycles. The van der Waals surface area contributed by atoms with Gasteiger partial charge in [-0.15, -0.1) is 9.24 Å². The van der Waals surface area contributed by atoms with E-state index in [2.05, 4.69) is 38.3 Å². The number of methoxy groups -OCH3 is 2. The standard InChI is InChI=1S/C33H39F2N5O5P2/c1-17-27(28-23(34)10-21(43-4)11-24(28)46)29(37-30(41)18-6-8-20(9-7-18)45-32(35)47)31(42)40(17)26-13-22(44-5)12-25(36-26)39-15-19-14-33(39,2)16-38(19)3/h6-13,17,19,27,29,32H,14-16,46-47H2,1-5H3,(H,37,41)/t17-,19-,27-,29-,32?,33-/m0/s1. The minimum absolute atomic E-state index is 0.127. The van der Waals surface area contributed by atoms with Gasteiger partial charge in [0.25, 0.3) is 11.8 Å². The van der Waals surface area contributed by atoms with E-state index in [0.717, 1.165) is 19.5 Å². The van der Waals surface area contributed by atoms with Gasteiger partial charge >= 0.3 is 0 Å². The maximum atomic E-state index is 15.9. The third-order valence-electron chi connectivity index (χ3n) is 9.61. The van der Waals surface area contributed by atoms with E-state index in [1.54, 1.807) is 19.2 Å². The number of likely N-dealkylation sites (N-methyl/N-ethyl adjacent to an activating group) is 1. The lowest BCUT2D eigenvalue weighted by atomic mass is 9.88. The molecule has 0 aliphatic carbocycles. The monoisotopic (exact) mass is 685 g/mol. The van der Waals surface area contributed by atoms with E-state index in [1.165, 1.54) is 42.3 Å². The highest BCUT2D eigenvalue weighted by Gasteiger charge is 2.52. The number of aromatic nitrogens is 1. The van der Waals surface area contributed by atoms with Gasteiger partial charge in [0, 0.05) is 60.4 Å². The van der Waals surface area contributed by atoms with E-state index in [9.17, 15) is 14.0 Å². The summed E-state index contributed by atoms with van der Waals surface area (Å²) < 4.78 is 45.1. The summed E-state index contributed by atoms with van der Waals surface area (Å²) in [7, 11) is 9.55. The summed E-state index contributed by atoms with van der Waals surface area (Å²) in [4.78, 5) is 39.2. The molecule has 6 rings (SSSR count). The Kier molecular flexibility index (Phi) is 9.07. The van der Waals surface area contributed by atoms with Crippen molar-refractivity contribution in [3.63, 3.8) is 0 Å². The number of hydrogen-bond donors (Lipinski definition) is 1. The molecule has 3 aliphatic heterocycles. The van der Waals surface area contributed by atoms with E-state index in [4.69, 9.17) is 19.2 Å². The van der Waals surface area contributed by atoms with Crippen molar-refractivity contribution in [1.82, 2.24) is 15.2 Å². The van der Waals surface area contributed by atoms with Crippen LogP contribution in [0.2, 0.25) is 0 Å². The van der Waals surface area contributed by atoms with E-state index in [0.29, 0.717) is 34.5 Å². The Labute approximate surface area is 277 Å². The molecule has 0 saturated carbocycles. The summed E-state index contributed by atoms with van der Waals surface area (Å²) >= 11 is 0. The maximum Gasteiger partial charge on any atom is 0.251 e. The van der Waals surface area contributed by atoms with Crippen LogP contribution in [0.5, 0.6) is 17.2 Å². The number of fused-ring (bicyclic) bond motifs is 2. The molecule has 0 spiro atoms. The van der Waals surface area contributed by atoms with Crippen molar-refractivity contribution in [3.05, 3.63) is 65.5 Å². The molecule has 3 unspecified atom stereocenters. The van der Waals surface area contributed by atoms with E-state index in [-0.39, 0.29) is 22.4 Å². The van der Waals surface area contributed by atoms with Crippen LogP contribution in [0.15, 0.2) is 48.5 Å². The van der Waals surface area contributed by atoms with Gasteiger partial charge in [-0.25, -0.2) is 9.37 Å². The zero-order valence-corrected chi connectivity index (χ0v) is 29.2. The number of piperazine rings is 1. The molecule has 2 amide bonds. The largest absolute Gasteiger partial charge is 0.497 e. The average Bonchev–Trinajstić information content (AvgIpc) is 3.61. The second-order valence-corrected chi connectivity index (χ2v) is 13.8. The minimum atomic E-state index is -1.60. The quantitative estimate of drug-likeness (QED) is 0.340. The first-order valence-electron chi connectivity index (χ1n) is 15.3. The Morgan fingerprint density at radius 2 is 1.74 bits per heavy atom. The highest BCUT2D eigenvalue weighted by Crippen LogP contribution is 2.44. The highest BCUT2D eigenvalue weighted by atomic mass is 31.0. The van der Waals surface area contributed by atoms with Crippen LogP contribution in [0.3, 0.4) is 0 Å². The molecule has 0 radical (unpaired) electrons. The van der Waals surface area contributed by atoms with Crippen molar-refractivity contribution in [2.75, 3.05) is 44.2 Å². The molecule has 8 atom stereocenters. The van der Waals surface area contributed by atoms with Crippen LogP contribution in [0.25, 0.3) is 0 Å². The van der Waals surface area contributed by atoms with Crippen LogP contribution in [-0.2, 0) is 4.79 Å². The van der Waals surface area contributed by atoms with Crippen molar-refractivity contribution < 1.29 is 32.6 Å². The zero-order chi connectivity index (χ0) is 33.8. The highest BCUT2D eigenvalue weighted by molar-refractivity contribution is 7.27. The molecule has 3 aliphatic rings. The van der Waals surface area contributed by atoms with Crippen molar-refractivity contribution in [2.24, 2.45) is 0 Å². The summed E-state index contributed by atoms with van der Waals surface area (Å²) in [6.07, 6.45) is -0.602. The number of ether oxygens (including phenoxy) is 3. The number of carbonyl (C=O) groups excluding carboxylic acids is 2. The first kappa shape index (κ1) is 33.3. The second-order valence-electron chi connectivity index (χ2n) is 12.6. The molecule has 47 heavy (non-hydrogen) atoms. The number of amides is 2. The molecule has 3 fully saturated rings. The minimum Gasteiger partial charge on any atom is -0.497 e. The van der Waals surface area contributed by atoms with Gasteiger partial charge < -0.3 is 24.4 Å². The number of benzene rings is 2. The van der Waals surface area contributed by atoms with Crippen LogP contribution >= 0.6 is 18.5 Å². The van der Waals surface area contributed by atoms with Crippen molar-refractivity contribution in [3.8, 4) is 17.2 Å². The lowest BCUT2D eigenvalue weighted by Crippen LogP contribution is -2.52. The summed E-state index contributed by atoms with van der Waals surface area (Å²) in [6, 6.07) is 11.0. The van der Waals surface area contributed by atoms with Crippen molar-refractivity contribution in [1.29, 1.82) is 0 Å². The van der Waals surface area contributed by atoms with Gasteiger partial charge in [-0.3, -0.25) is 19.4 Å². The van der Waals surface area contributed by atoms with Crippen LogP contribution in [0.4, 0.5) is 20.4 Å². The number of halogens is 2. The number of nitrogens with zero attached hydrogens (tertiary/aromatic N) is 4. The SMILES string of the molecule is COc1cc(N2C(=O)[C@@H](NC(=O)c3ccc(OC(F)P)cc3)[C@H](c3c(F)cc(OC)cc3P)[C@@H]2C)nc(N2C[C@@H]3C[C@@]2(C)CN3C)c1. The third-order valence-corrected chi connectivity index (χ3v) is 10.2. The number of nitrogens with one attached hydrogen (secondary N) is 1. The van der Waals surface area contributed by atoms with E-state index >= 15 is 4.39 Å². The van der Waals surface area contributed by atoms with Crippen molar-refractivity contribution >= 4 is 47.2 Å². The Morgan fingerprint density at radius 1 is 1.09 bits per heavy atom. The van der Waals surface area contributed by atoms with E-state index < -0.39 is 41.7 Å². The number of pyridine rings is 1. The molecule has 1 N–H and O–H groups in total. The molecule has 1 aromatic heterocycles. The zero-order valence-electron chi connectivity index (χ0n) is 26.9. The van der Waals surface area contributed by atoms with Gasteiger partial charge in [0.1, 0.15) is 40.7 Å². The van der Waals surface area contributed by atoms with Gasteiger partial charge in [0.05, 0.1) is 19.8 Å². The van der Waals surface area contributed by atoms with Gasteiger partial charge in [-0.1, -0.05) is 9.24 Å². The third kappa shape index (κ3) is 6.12. The number of likely N-dealkylation sites (tertiary alicyclic amines) is 1. The fraction of sp³-hybridized carbons (Fsp3) is 0.424. The van der Waals surface area contributed by atoms with Crippen LogP contribution in [0.1, 0.15) is 42.1 Å². The lowest BCUT2D eigenvalue weighted by molar-refractivity contribution is -0.118. The summed E-state index contributed by atoms with van der Waals surface area (Å²) in [5.74, 6) is -0.250. The molecule has 4 heterocycles. The molecule has 2 aromatic carbocycles. The topological polar surface area (TPSA) is 96.5 Å². The molecule has 250 valence electrons. The molecule has 3 aromatic rings. The first-order chi connectivity index (χ1) is 22.3. The smallest absolute Gasteiger partial charge is 0.251 e. The molecule has 2 bridgehead atoms. The number of alkyl halides is 1.